The zero-order valence-electron chi connectivity index (χ0n) is 10.9. The Bertz CT molecular complexity index is 422. The Hall–Kier alpha value is -0.790. The van der Waals surface area contributed by atoms with Crippen molar-refractivity contribution in [2.24, 2.45) is 17.8 Å². The Balaban J connectivity index is 1.80. The Kier molecular flexibility index (Phi) is 1.88. The molecule has 5 rings (SSSR count). The lowest BCUT2D eigenvalue weighted by Crippen LogP contribution is -2.51. The van der Waals surface area contributed by atoms with Crippen molar-refractivity contribution in [2.75, 3.05) is 0 Å². The summed E-state index contributed by atoms with van der Waals surface area (Å²) in [5.41, 5.74) is 3.09. The molecule has 4 saturated carbocycles. The highest BCUT2D eigenvalue weighted by molar-refractivity contribution is 5.15. The van der Waals surface area contributed by atoms with Crippen LogP contribution >= 0.6 is 0 Å². The smallest absolute Gasteiger partial charge is 0.0956 e. The van der Waals surface area contributed by atoms with Crippen molar-refractivity contribution in [3.05, 3.63) is 17.7 Å². The van der Waals surface area contributed by atoms with Gasteiger partial charge >= 0.3 is 0 Å². The minimum Gasteiger partial charge on any atom is -0.328 e. The summed E-state index contributed by atoms with van der Waals surface area (Å²) in [4.78, 5) is 4.54. The maximum atomic E-state index is 4.54. The zero-order chi connectivity index (χ0) is 11.6. The number of aryl methyl sites for hydroxylation is 1. The third-order valence-corrected chi connectivity index (χ3v) is 5.77. The number of imidazole rings is 1. The van der Waals surface area contributed by atoms with Gasteiger partial charge in [-0.3, -0.25) is 0 Å². The molecule has 0 spiro atoms. The summed E-state index contributed by atoms with van der Waals surface area (Å²) in [6.45, 7) is 4.40. The lowest BCUT2D eigenvalue weighted by molar-refractivity contribution is -0.0440. The van der Waals surface area contributed by atoms with E-state index >= 15 is 0 Å². The van der Waals surface area contributed by atoms with Crippen molar-refractivity contribution < 1.29 is 0 Å². The number of rotatable bonds is 1. The molecule has 0 aromatic carbocycles. The van der Waals surface area contributed by atoms with E-state index in [9.17, 15) is 0 Å². The van der Waals surface area contributed by atoms with Gasteiger partial charge in [-0.15, -0.1) is 0 Å². The molecular formula is C15H22N2. The van der Waals surface area contributed by atoms with Gasteiger partial charge in [0.25, 0.3) is 0 Å². The van der Waals surface area contributed by atoms with Crippen molar-refractivity contribution in [2.45, 2.75) is 57.9 Å². The molecule has 1 heterocycles. The molecule has 2 nitrogen and oxygen atoms in total. The van der Waals surface area contributed by atoms with Crippen LogP contribution in [0.1, 0.15) is 49.9 Å². The van der Waals surface area contributed by atoms with Crippen molar-refractivity contribution in [3.63, 3.8) is 0 Å². The second-order valence-electron chi connectivity index (χ2n) is 6.93. The van der Waals surface area contributed by atoms with Gasteiger partial charge in [0.2, 0.25) is 0 Å². The molecule has 0 atom stereocenters. The van der Waals surface area contributed by atoms with Gasteiger partial charge in [-0.1, -0.05) is 0 Å². The summed E-state index contributed by atoms with van der Waals surface area (Å²) >= 11 is 0. The fraction of sp³-hybridized carbons (Fsp3) is 0.800. The lowest BCUT2D eigenvalue weighted by atomic mass is 9.53. The quantitative estimate of drug-likeness (QED) is 0.722. The van der Waals surface area contributed by atoms with E-state index in [1.54, 1.807) is 0 Å². The Morgan fingerprint density at radius 1 is 1.06 bits per heavy atom. The number of nitrogens with zero attached hydrogens (tertiary/aromatic N) is 2. The van der Waals surface area contributed by atoms with Crippen LogP contribution in [0.3, 0.4) is 0 Å². The summed E-state index contributed by atoms with van der Waals surface area (Å²) in [6.07, 6.45) is 11.0. The van der Waals surface area contributed by atoms with Crippen LogP contribution in [0.15, 0.2) is 6.33 Å². The van der Waals surface area contributed by atoms with E-state index in [-0.39, 0.29) is 0 Å². The Labute approximate surface area is 103 Å². The molecular weight excluding hydrogens is 208 g/mol. The zero-order valence-corrected chi connectivity index (χ0v) is 10.9. The van der Waals surface area contributed by atoms with Crippen LogP contribution in [0.25, 0.3) is 0 Å². The average molecular weight is 230 g/mol. The second kappa shape index (κ2) is 3.15. The van der Waals surface area contributed by atoms with Crippen LogP contribution in [-0.2, 0) is 5.54 Å². The van der Waals surface area contributed by atoms with Crippen LogP contribution in [0, 0.1) is 31.6 Å². The van der Waals surface area contributed by atoms with Gasteiger partial charge < -0.3 is 4.57 Å². The van der Waals surface area contributed by atoms with Crippen molar-refractivity contribution >= 4 is 0 Å². The molecule has 4 bridgehead atoms. The summed E-state index contributed by atoms with van der Waals surface area (Å²) in [6, 6.07) is 0. The van der Waals surface area contributed by atoms with Gasteiger partial charge in [0.15, 0.2) is 0 Å². The number of hydrogen-bond acceptors (Lipinski definition) is 1. The molecule has 4 aliphatic carbocycles. The van der Waals surface area contributed by atoms with E-state index < -0.39 is 0 Å². The maximum Gasteiger partial charge on any atom is 0.0956 e. The Morgan fingerprint density at radius 2 is 1.59 bits per heavy atom. The van der Waals surface area contributed by atoms with Crippen LogP contribution < -0.4 is 0 Å². The fourth-order valence-corrected chi connectivity index (χ4v) is 5.34. The molecule has 0 unspecified atom stereocenters. The van der Waals surface area contributed by atoms with Crippen molar-refractivity contribution in [1.82, 2.24) is 9.55 Å². The van der Waals surface area contributed by atoms with Gasteiger partial charge in [-0.25, -0.2) is 4.98 Å². The highest BCUT2D eigenvalue weighted by Crippen LogP contribution is 2.59. The van der Waals surface area contributed by atoms with E-state index in [4.69, 9.17) is 0 Å². The minimum atomic E-state index is 0.458. The first kappa shape index (κ1) is 10.2. The maximum absolute atomic E-state index is 4.54. The SMILES string of the molecule is Cc1ncn(C23CC4CC(CC(C4)C2)C3)c1C. The molecule has 0 N–H and O–H groups in total. The molecule has 0 amide bonds. The van der Waals surface area contributed by atoms with E-state index in [1.807, 2.05) is 0 Å². The molecule has 1 aromatic rings. The molecule has 1 aromatic heterocycles. The Morgan fingerprint density at radius 3 is 2.00 bits per heavy atom. The van der Waals surface area contributed by atoms with Gasteiger partial charge in [0, 0.05) is 11.2 Å². The summed E-state index contributed by atoms with van der Waals surface area (Å²) in [7, 11) is 0. The van der Waals surface area contributed by atoms with E-state index in [0.29, 0.717) is 5.54 Å². The summed E-state index contributed by atoms with van der Waals surface area (Å²) < 4.78 is 2.55. The average Bonchev–Trinajstić information content (AvgIpc) is 2.58. The molecule has 4 aliphatic rings. The largest absolute Gasteiger partial charge is 0.328 e. The summed E-state index contributed by atoms with van der Waals surface area (Å²) in [5, 5.41) is 0. The predicted molar refractivity (Wildman–Crippen MR) is 67.8 cm³/mol. The van der Waals surface area contributed by atoms with E-state index in [0.717, 1.165) is 17.8 Å². The molecule has 92 valence electrons. The third-order valence-electron chi connectivity index (χ3n) is 5.77. The lowest BCUT2D eigenvalue weighted by Gasteiger charge is -2.57. The highest BCUT2D eigenvalue weighted by Gasteiger charge is 2.52. The van der Waals surface area contributed by atoms with E-state index in [1.165, 1.54) is 49.9 Å². The summed E-state index contributed by atoms with van der Waals surface area (Å²) in [5.74, 6) is 3.05. The number of hydrogen-bond donors (Lipinski definition) is 0. The topological polar surface area (TPSA) is 17.8 Å². The van der Waals surface area contributed by atoms with Crippen LogP contribution in [0.5, 0.6) is 0 Å². The number of aromatic nitrogens is 2. The molecule has 0 saturated heterocycles. The van der Waals surface area contributed by atoms with Crippen molar-refractivity contribution in [3.8, 4) is 0 Å². The first-order valence-electron chi connectivity index (χ1n) is 7.17. The minimum absolute atomic E-state index is 0.458. The molecule has 4 fully saturated rings. The van der Waals surface area contributed by atoms with Gasteiger partial charge in [0.05, 0.1) is 12.0 Å². The highest BCUT2D eigenvalue weighted by atomic mass is 15.1. The van der Waals surface area contributed by atoms with Crippen LogP contribution in [-0.4, -0.2) is 9.55 Å². The van der Waals surface area contributed by atoms with E-state index in [2.05, 4.69) is 29.7 Å². The molecule has 2 heteroatoms. The van der Waals surface area contributed by atoms with Gasteiger partial charge in [0.1, 0.15) is 0 Å². The first-order chi connectivity index (χ1) is 8.16. The second-order valence-corrected chi connectivity index (χ2v) is 6.93. The normalized spacial score (nSPS) is 43.3. The molecule has 0 radical (unpaired) electrons. The van der Waals surface area contributed by atoms with Crippen LogP contribution in [0.4, 0.5) is 0 Å². The van der Waals surface area contributed by atoms with Crippen molar-refractivity contribution in [1.29, 1.82) is 0 Å². The predicted octanol–water partition coefficient (Wildman–Crippen LogP) is 3.43. The fourth-order valence-electron chi connectivity index (χ4n) is 5.34. The monoisotopic (exact) mass is 230 g/mol. The molecule has 17 heavy (non-hydrogen) atoms. The van der Waals surface area contributed by atoms with Gasteiger partial charge in [-0.05, 0) is 70.1 Å². The van der Waals surface area contributed by atoms with Crippen LogP contribution in [0.2, 0.25) is 0 Å². The van der Waals surface area contributed by atoms with Gasteiger partial charge in [-0.2, -0.15) is 0 Å². The third kappa shape index (κ3) is 1.30. The molecule has 0 aliphatic heterocycles. The first-order valence-corrected chi connectivity index (χ1v) is 7.17. The standard InChI is InChI=1S/C15H22N2/c1-10-11(2)17(9-16-10)15-6-12-3-13(7-15)5-14(4-12)8-15/h9,12-14H,3-8H2,1-2H3.